The lowest BCUT2D eigenvalue weighted by Gasteiger charge is -2.31. The fraction of sp³-hybridized carbons (Fsp3) is 0.533. The molecule has 1 aliphatic heterocycles. The number of hydrogen-bond acceptors (Lipinski definition) is 4. The van der Waals surface area contributed by atoms with Gasteiger partial charge in [0.1, 0.15) is 0 Å². The summed E-state index contributed by atoms with van der Waals surface area (Å²) in [4.78, 5) is 13.6. The Morgan fingerprint density at radius 3 is 2.77 bits per heavy atom. The summed E-state index contributed by atoms with van der Waals surface area (Å²) >= 11 is 0. The van der Waals surface area contributed by atoms with Crippen LogP contribution in [-0.2, 0) is 20.3 Å². The Labute approximate surface area is 131 Å². The van der Waals surface area contributed by atoms with Crippen LogP contribution in [0.1, 0.15) is 12.5 Å². The largest absolute Gasteiger partial charge is 0.375 e. The molecular weight excluding hydrogens is 304 g/mol. The van der Waals surface area contributed by atoms with Crippen LogP contribution in [0.25, 0.3) is 0 Å². The number of nitrogens with one attached hydrogen (secondary N) is 1. The number of nitrogens with zero attached hydrogens (tertiary/aromatic N) is 1. The fourth-order valence-corrected chi connectivity index (χ4v) is 3.59. The molecule has 0 spiro atoms. The van der Waals surface area contributed by atoms with E-state index in [2.05, 4.69) is 5.32 Å². The number of hydrogen-bond donors (Lipinski definition) is 1. The van der Waals surface area contributed by atoms with Crippen molar-refractivity contribution in [2.75, 3.05) is 32.0 Å². The Hall–Kier alpha value is -1.60. The van der Waals surface area contributed by atoms with E-state index in [9.17, 15) is 13.2 Å². The number of rotatable bonds is 5. The van der Waals surface area contributed by atoms with Gasteiger partial charge in [0.2, 0.25) is 0 Å². The molecule has 7 heteroatoms. The first kappa shape index (κ1) is 16.8. The summed E-state index contributed by atoms with van der Waals surface area (Å²) in [5.74, 6) is -0.0637. The molecule has 0 saturated carbocycles. The van der Waals surface area contributed by atoms with Gasteiger partial charge in [0.25, 0.3) is 0 Å². The normalized spacial score (nSPS) is 19.0. The first-order chi connectivity index (χ1) is 10.5. The Kier molecular flexibility index (Phi) is 5.79. The van der Waals surface area contributed by atoms with Crippen LogP contribution in [0.3, 0.4) is 0 Å². The molecule has 0 aliphatic carbocycles. The maximum atomic E-state index is 12.0. The summed E-state index contributed by atoms with van der Waals surface area (Å²) in [7, 11) is -3.23. The van der Waals surface area contributed by atoms with E-state index in [-0.39, 0.29) is 30.2 Å². The van der Waals surface area contributed by atoms with Crippen LogP contribution in [0.2, 0.25) is 0 Å². The van der Waals surface area contributed by atoms with E-state index in [1.54, 1.807) is 17.0 Å². The molecule has 1 fully saturated rings. The topological polar surface area (TPSA) is 75.7 Å². The number of sulfone groups is 1. The van der Waals surface area contributed by atoms with Crippen molar-refractivity contribution in [3.63, 3.8) is 0 Å². The van der Waals surface area contributed by atoms with E-state index >= 15 is 0 Å². The predicted octanol–water partition coefficient (Wildman–Crippen LogP) is 1.03. The van der Waals surface area contributed by atoms with Crippen molar-refractivity contribution in [2.24, 2.45) is 0 Å². The van der Waals surface area contributed by atoms with Crippen LogP contribution in [-0.4, -0.2) is 57.4 Å². The van der Waals surface area contributed by atoms with E-state index < -0.39 is 9.84 Å². The maximum absolute atomic E-state index is 12.0. The van der Waals surface area contributed by atoms with Crippen molar-refractivity contribution in [3.05, 3.63) is 35.9 Å². The highest BCUT2D eigenvalue weighted by atomic mass is 32.2. The Balaban J connectivity index is 1.76. The van der Waals surface area contributed by atoms with E-state index in [0.717, 1.165) is 5.56 Å². The van der Waals surface area contributed by atoms with Gasteiger partial charge in [-0.05, 0) is 12.5 Å². The zero-order valence-corrected chi connectivity index (χ0v) is 13.5. The van der Waals surface area contributed by atoms with E-state index in [1.165, 1.54) is 0 Å². The van der Waals surface area contributed by atoms with E-state index in [4.69, 9.17) is 4.74 Å². The van der Waals surface area contributed by atoms with Gasteiger partial charge < -0.3 is 15.0 Å². The monoisotopic (exact) mass is 326 g/mol. The molecule has 0 radical (unpaired) electrons. The third-order valence-corrected chi connectivity index (χ3v) is 5.05. The third-order valence-electron chi connectivity index (χ3n) is 3.45. The van der Waals surface area contributed by atoms with E-state index in [0.29, 0.717) is 19.7 Å². The molecule has 2 rings (SSSR count). The average Bonchev–Trinajstić information content (AvgIpc) is 2.47. The SMILES string of the molecule is C[C@@H]1CN(C(=O)NCCS(=O)(=O)Cc2ccccc2)CCO1. The first-order valence-corrected chi connectivity index (χ1v) is 9.17. The molecule has 0 bridgehead atoms. The van der Waals surface area contributed by atoms with Crippen LogP contribution in [0.5, 0.6) is 0 Å². The number of ether oxygens (including phenoxy) is 1. The van der Waals surface area contributed by atoms with Crippen molar-refractivity contribution < 1.29 is 17.9 Å². The number of morpholine rings is 1. The molecule has 1 N–H and O–H groups in total. The van der Waals surface area contributed by atoms with Crippen LogP contribution in [0.15, 0.2) is 30.3 Å². The summed E-state index contributed by atoms with van der Waals surface area (Å²) in [6.45, 7) is 3.61. The van der Waals surface area contributed by atoms with Crippen LogP contribution in [0.4, 0.5) is 4.79 Å². The van der Waals surface area contributed by atoms with Crippen molar-refractivity contribution in [2.45, 2.75) is 18.8 Å². The number of carbonyl (C=O) groups is 1. The molecule has 122 valence electrons. The van der Waals surface area contributed by atoms with Gasteiger partial charge in [-0.2, -0.15) is 0 Å². The minimum atomic E-state index is -3.23. The molecule has 1 aromatic rings. The molecule has 2 amide bonds. The number of benzene rings is 1. The smallest absolute Gasteiger partial charge is 0.317 e. The molecule has 1 saturated heterocycles. The Morgan fingerprint density at radius 1 is 1.36 bits per heavy atom. The second-order valence-electron chi connectivity index (χ2n) is 5.44. The van der Waals surface area contributed by atoms with Gasteiger partial charge in [0.05, 0.1) is 24.2 Å². The molecule has 0 unspecified atom stereocenters. The summed E-state index contributed by atoms with van der Waals surface area (Å²) in [6.07, 6.45) is 0.0151. The Bertz CT molecular complexity index is 589. The van der Waals surface area contributed by atoms with Gasteiger partial charge in [-0.15, -0.1) is 0 Å². The Morgan fingerprint density at radius 2 is 2.09 bits per heavy atom. The number of amides is 2. The summed E-state index contributed by atoms with van der Waals surface area (Å²) in [6, 6.07) is 8.80. The lowest BCUT2D eigenvalue weighted by Crippen LogP contribution is -2.49. The molecule has 1 aromatic carbocycles. The second kappa shape index (κ2) is 7.60. The highest BCUT2D eigenvalue weighted by Crippen LogP contribution is 2.06. The zero-order valence-electron chi connectivity index (χ0n) is 12.7. The zero-order chi connectivity index (χ0) is 16.0. The maximum Gasteiger partial charge on any atom is 0.317 e. The third kappa shape index (κ3) is 5.31. The van der Waals surface area contributed by atoms with Gasteiger partial charge in [-0.3, -0.25) is 0 Å². The van der Waals surface area contributed by atoms with Gasteiger partial charge in [-0.1, -0.05) is 30.3 Å². The van der Waals surface area contributed by atoms with Crippen molar-refractivity contribution >= 4 is 15.9 Å². The average molecular weight is 326 g/mol. The molecule has 0 aromatic heterocycles. The van der Waals surface area contributed by atoms with Crippen molar-refractivity contribution in [3.8, 4) is 0 Å². The number of urea groups is 1. The van der Waals surface area contributed by atoms with Crippen molar-refractivity contribution in [1.29, 1.82) is 0 Å². The minimum absolute atomic E-state index is 0.00169. The molecular formula is C15H22N2O4S. The van der Waals surface area contributed by atoms with Gasteiger partial charge in [0, 0.05) is 19.6 Å². The fourth-order valence-electron chi connectivity index (χ4n) is 2.33. The van der Waals surface area contributed by atoms with Gasteiger partial charge in [0.15, 0.2) is 9.84 Å². The summed E-state index contributed by atoms with van der Waals surface area (Å²) in [5.41, 5.74) is 0.760. The van der Waals surface area contributed by atoms with Gasteiger partial charge >= 0.3 is 6.03 Å². The van der Waals surface area contributed by atoms with Crippen LogP contribution in [0, 0.1) is 0 Å². The number of carbonyl (C=O) groups excluding carboxylic acids is 1. The predicted molar refractivity (Wildman–Crippen MR) is 84.3 cm³/mol. The second-order valence-corrected chi connectivity index (χ2v) is 7.62. The lowest BCUT2D eigenvalue weighted by atomic mass is 10.2. The van der Waals surface area contributed by atoms with E-state index in [1.807, 2.05) is 25.1 Å². The lowest BCUT2D eigenvalue weighted by molar-refractivity contribution is -0.00338. The summed E-state index contributed by atoms with van der Waals surface area (Å²) < 4.78 is 29.4. The highest BCUT2D eigenvalue weighted by molar-refractivity contribution is 7.90. The molecule has 1 aliphatic rings. The quantitative estimate of drug-likeness (QED) is 0.877. The summed E-state index contributed by atoms with van der Waals surface area (Å²) in [5, 5.41) is 2.67. The van der Waals surface area contributed by atoms with Crippen molar-refractivity contribution in [1.82, 2.24) is 10.2 Å². The van der Waals surface area contributed by atoms with Gasteiger partial charge in [-0.25, -0.2) is 13.2 Å². The highest BCUT2D eigenvalue weighted by Gasteiger charge is 2.21. The first-order valence-electron chi connectivity index (χ1n) is 7.35. The molecule has 6 nitrogen and oxygen atoms in total. The van der Waals surface area contributed by atoms with Crippen LogP contribution < -0.4 is 5.32 Å². The molecule has 1 atom stereocenters. The molecule has 22 heavy (non-hydrogen) atoms. The molecule has 1 heterocycles. The van der Waals surface area contributed by atoms with Crippen LogP contribution >= 0.6 is 0 Å². The minimum Gasteiger partial charge on any atom is -0.375 e. The standard InChI is InChI=1S/C15H22N2O4S/c1-13-11-17(8-9-21-13)15(18)16-7-10-22(19,20)12-14-5-3-2-4-6-14/h2-6,13H,7-12H2,1H3,(H,16,18)/t13-/m1/s1.